The van der Waals surface area contributed by atoms with E-state index in [1.54, 1.807) is 0 Å². The third kappa shape index (κ3) is 11.4. The molecule has 0 heterocycles. The molecule has 0 aromatic rings. The van der Waals surface area contributed by atoms with E-state index in [1.165, 1.54) is 38.4 Å². The van der Waals surface area contributed by atoms with Crippen molar-refractivity contribution < 1.29 is 13.2 Å². The predicted molar refractivity (Wildman–Crippen MR) is 95.8 cm³/mol. The van der Waals surface area contributed by atoms with E-state index < -0.39 is 9.84 Å². The fourth-order valence-electron chi connectivity index (χ4n) is 2.62. The number of aliphatic imine (C=N–C) groups is 1. The van der Waals surface area contributed by atoms with E-state index in [9.17, 15) is 8.42 Å². The Morgan fingerprint density at radius 2 is 1.91 bits per heavy atom. The van der Waals surface area contributed by atoms with Crippen molar-refractivity contribution in [2.24, 2.45) is 4.99 Å². The van der Waals surface area contributed by atoms with E-state index in [4.69, 9.17) is 4.74 Å². The molecule has 7 heteroatoms. The van der Waals surface area contributed by atoms with E-state index in [0.717, 1.165) is 32.1 Å². The minimum Gasteiger partial charge on any atom is -0.378 e. The van der Waals surface area contributed by atoms with Crippen LogP contribution < -0.4 is 10.6 Å². The molecule has 0 saturated heterocycles. The van der Waals surface area contributed by atoms with Crippen molar-refractivity contribution in [3.8, 4) is 0 Å². The Labute approximate surface area is 141 Å². The van der Waals surface area contributed by atoms with E-state index in [-0.39, 0.29) is 5.75 Å². The zero-order valence-corrected chi connectivity index (χ0v) is 15.5. The van der Waals surface area contributed by atoms with Gasteiger partial charge in [0.1, 0.15) is 9.84 Å². The third-order valence-electron chi connectivity index (χ3n) is 3.81. The molecule has 0 aromatic heterocycles. The quantitative estimate of drug-likeness (QED) is 0.357. The molecule has 0 radical (unpaired) electrons. The van der Waals surface area contributed by atoms with Gasteiger partial charge in [0.15, 0.2) is 5.96 Å². The van der Waals surface area contributed by atoms with Gasteiger partial charge in [-0.3, -0.25) is 4.99 Å². The van der Waals surface area contributed by atoms with Crippen LogP contribution in [0.2, 0.25) is 0 Å². The Kier molecular flexibility index (Phi) is 10.3. The first-order valence-electron chi connectivity index (χ1n) is 8.83. The average molecular weight is 348 g/mol. The molecule has 0 atom stereocenters. The van der Waals surface area contributed by atoms with Crippen LogP contribution in [0.4, 0.5) is 0 Å². The maximum Gasteiger partial charge on any atom is 0.191 e. The summed E-state index contributed by atoms with van der Waals surface area (Å²) in [5.41, 5.74) is 0. The summed E-state index contributed by atoms with van der Waals surface area (Å²) in [4.78, 5) is 4.39. The summed E-state index contributed by atoms with van der Waals surface area (Å²) < 4.78 is 28.1. The van der Waals surface area contributed by atoms with Crippen molar-refractivity contribution in [2.45, 2.75) is 58.0 Å². The van der Waals surface area contributed by atoms with Crippen LogP contribution in [-0.2, 0) is 14.6 Å². The molecule has 6 nitrogen and oxygen atoms in total. The molecular formula is C16H33N3O3S. The van der Waals surface area contributed by atoms with Crippen molar-refractivity contribution >= 4 is 15.8 Å². The van der Waals surface area contributed by atoms with Crippen molar-refractivity contribution in [1.29, 1.82) is 0 Å². The largest absolute Gasteiger partial charge is 0.378 e. The highest BCUT2D eigenvalue weighted by Crippen LogP contribution is 2.20. The van der Waals surface area contributed by atoms with Gasteiger partial charge in [-0.2, -0.15) is 0 Å². The SMILES string of the molecule is CCNC(=NCCCS(C)(=O)=O)NCCCOC1CCCCC1. The van der Waals surface area contributed by atoms with Crippen LogP contribution in [0.5, 0.6) is 0 Å². The molecule has 23 heavy (non-hydrogen) atoms. The topological polar surface area (TPSA) is 79.8 Å². The number of nitrogens with one attached hydrogen (secondary N) is 2. The summed E-state index contributed by atoms with van der Waals surface area (Å²) in [5.74, 6) is 0.934. The van der Waals surface area contributed by atoms with Crippen molar-refractivity contribution in [3.05, 3.63) is 0 Å². The van der Waals surface area contributed by atoms with Gasteiger partial charge < -0.3 is 15.4 Å². The molecule has 0 aliphatic heterocycles. The van der Waals surface area contributed by atoms with E-state index >= 15 is 0 Å². The second kappa shape index (κ2) is 11.7. The zero-order valence-electron chi connectivity index (χ0n) is 14.6. The summed E-state index contributed by atoms with van der Waals surface area (Å²) in [5, 5.41) is 6.43. The van der Waals surface area contributed by atoms with E-state index in [0.29, 0.717) is 19.1 Å². The highest BCUT2D eigenvalue weighted by atomic mass is 32.2. The Morgan fingerprint density at radius 3 is 2.57 bits per heavy atom. The second-order valence-corrected chi connectivity index (χ2v) is 8.41. The number of hydrogen-bond acceptors (Lipinski definition) is 4. The molecule has 2 N–H and O–H groups in total. The molecule has 0 amide bonds. The van der Waals surface area contributed by atoms with Gasteiger partial charge >= 0.3 is 0 Å². The van der Waals surface area contributed by atoms with Gasteiger partial charge in [0.25, 0.3) is 0 Å². The average Bonchev–Trinajstić information content (AvgIpc) is 2.51. The molecule has 0 aromatic carbocycles. The summed E-state index contributed by atoms with van der Waals surface area (Å²) in [6.45, 7) is 4.91. The fourth-order valence-corrected chi connectivity index (χ4v) is 3.27. The Morgan fingerprint density at radius 1 is 1.17 bits per heavy atom. The number of ether oxygens (including phenoxy) is 1. The lowest BCUT2D eigenvalue weighted by Crippen LogP contribution is -2.38. The maximum absolute atomic E-state index is 11.1. The molecule has 1 saturated carbocycles. The normalized spacial score (nSPS) is 17.2. The number of sulfone groups is 1. The van der Waals surface area contributed by atoms with Crippen LogP contribution in [0.15, 0.2) is 4.99 Å². The van der Waals surface area contributed by atoms with Gasteiger partial charge in [0.2, 0.25) is 0 Å². The first-order valence-corrected chi connectivity index (χ1v) is 10.9. The molecule has 1 aliphatic carbocycles. The Bertz CT molecular complexity index is 432. The van der Waals surface area contributed by atoms with Gasteiger partial charge in [-0.05, 0) is 32.6 Å². The Balaban J connectivity index is 2.13. The summed E-state index contributed by atoms with van der Waals surface area (Å²) in [6, 6.07) is 0. The highest BCUT2D eigenvalue weighted by Gasteiger charge is 2.12. The molecule has 1 fully saturated rings. The number of guanidine groups is 1. The zero-order chi connectivity index (χ0) is 17.0. The summed E-state index contributed by atoms with van der Waals surface area (Å²) in [7, 11) is -2.90. The lowest BCUT2D eigenvalue weighted by molar-refractivity contribution is 0.0277. The highest BCUT2D eigenvalue weighted by molar-refractivity contribution is 7.90. The maximum atomic E-state index is 11.1. The molecule has 1 rings (SSSR count). The minimum absolute atomic E-state index is 0.186. The monoisotopic (exact) mass is 347 g/mol. The summed E-state index contributed by atoms with van der Waals surface area (Å²) in [6.07, 6.45) is 9.58. The van der Waals surface area contributed by atoms with Crippen LogP contribution in [-0.4, -0.2) is 58.7 Å². The lowest BCUT2D eigenvalue weighted by atomic mass is 9.98. The molecular weight excluding hydrogens is 314 g/mol. The van der Waals surface area contributed by atoms with E-state index in [1.807, 2.05) is 6.92 Å². The lowest BCUT2D eigenvalue weighted by Gasteiger charge is -2.22. The third-order valence-corrected chi connectivity index (χ3v) is 4.84. The second-order valence-electron chi connectivity index (χ2n) is 6.16. The first kappa shape index (κ1) is 20.2. The molecule has 0 unspecified atom stereocenters. The molecule has 136 valence electrons. The van der Waals surface area contributed by atoms with Crippen molar-refractivity contribution in [2.75, 3.05) is 38.2 Å². The van der Waals surface area contributed by atoms with Crippen LogP contribution >= 0.6 is 0 Å². The van der Waals surface area contributed by atoms with Gasteiger partial charge in [0.05, 0.1) is 11.9 Å². The fraction of sp³-hybridized carbons (Fsp3) is 0.938. The van der Waals surface area contributed by atoms with Crippen LogP contribution in [0.1, 0.15) is 51.9 Å². The number of nitrogens with zero attached hydrogens (tertiary/aromatic N) is 1. The standard InChI is InChI=1S/C16H33N3O3S/c1-3-17-16(19-12-8-14-23(2,20)21)18-11-7-13-22-15-9-5-4-6-10-15/h15H,3-14H2,1-2H3,(H2,17,18,19). The van der Waals surface area contributed by atoms with Crippen molar-refractivity contribution in [3.63, 3.8) is 0 Å². The minimum atomic E-state index is -2.90. The van der Waals surface area contributed by atoms with Crippen LogP contribution in [0.25, 0.3) is 0 Å². The van der Waals surface area contributed by atoms with Gasteiger partial charge in [0, 0.05) is 32.5 Å². The molecule has 1 aliphatic rings. The van der Waals surface area contributed by atoms with Crippen LogP contribution in [0, 0.1) is 0 Å². The van der Waals surface area contributed by atoms with Gasteiger partial charge in [-0.25, -0.2) is 8.42 Å². The number of rotatable bonds is 10. The molecule has 0 spiro atoms. The van der Waals surface area contributed by atoms with Gasteiger partial charge in [-0.1, -0.05) is 19.3 Å². The summed E-state index contributed by atoms with van der Waals surface area (Å²) >= 11 is 0. The smallest absolute Gasteiger partial charge is 0.191 e. The first-order chi connectivity index (χ1) is 11.0. The predicted octanol–water partition coefficient (Wildman–Crippen LogP) is 1.72. The van der Waals surface area contributed by atoms with E-state index in [2.05, 4.69) is 15.6 Å². The van der Waals surface area contributed by atoms with Crippen molar-refractivity contribution in [1.82, 2.24) is 10.6 Å². The van der Waals surface area contributed by atoms with Crippen LogP contribution in [0.3, 0.4) is 0 Å². The Hall–Kier alpha value is -0.820. The van der Waals surface area contributed by atoms with Gasteiger partial charge in [-0.15, -0.1) is 0 Å². The number of hydrogen-bond donors (Lipinski definition) is 2. The molecule has 0 bridgehead atoms.